The van der Waals surface area contributed by atoms with Crippen LogP contribution >= 0.6 is 0 Å². The van der Waals surface area contributed by atoms with Gasteiger partial charge in [0.05, 0.1) is 5.69 Å². The van der Waals surface area contributed by atoms with E-state index in [2.05, 4.69) is 5.10 Å². The lowest BCUT2D eigenvalue weighted by molar-refractivity contribution is -0.135. The molecule has 0 unspecified atom stereocenters. The molecule has 1 aromatic rings. The van der Waals surface area contributed by atoms with Gasteiger partial charge in [0, 0.05) is 58.4 Å². The van der Waals surface area contributed by atoms with Crippen molar-refractivity contribution in [3.8, 4) is 0 Å². The second kappa shape index (κ2) is 7.28. The Morgan fingerprint density at radius 1 is 1.23 bits per heavy atom. The maximum atomic E-state index is 12.8. The first-order valence-electron chi connectivity index (χ1n) is 9.16. The smallest absolute Gasteiger partial charge is 0.281 e. The lowest BCUT2D eigenvalue weighted by Crippen LogP contribution is -2.48. The van der Waals surface area contributed by atoms with Crippen LogP contribution in [0.4, 0.5) is 0 Å². The summed E-state index contributed by atoms with van der Waals surface area (Å²) in [6, 6.07) is 1.97. The summed E-state index contributed by atoms with van der Waals surface area (Å²) in [5, 5.41) is 4.41. The third-order valence-electron chi connectivity index (χ3n) is 5.43. The Morgan fingerprint density at radius 3 is 2.58 bits per heavy atom. The van der Waals surface area contributed by atoms with Crippen LogP contribution in [-0.4, -0.2) is 77.4 Å². The average Bonchev–Trinajstić information content (AvgIpc) is 2.76. The van der Waals surface area contributed by atoms with Gasteiger partial charge in [0.15, 0.2) is 0 Å². The van der Waals surface area contributed by atoms with E-state index in [1.165, 1.54) is 4.31 Å². The summed E-state index contributed by atoms with van der Waals surface area (Å²) in [5.74, 6) is 0.303. The second-order valence-electron chi connectivity index (χ2n) is 7.65. The van der Waals surface area contributed by atoms with E-state index in [0.29, 0.717) is 32.6 Å². The van der Waals surface area contributed by atoms with E-state index < -0.39 is 10.2 Å². The minimum atomic E-state index is -3.44. The molecule has 3 fully saturated rings. The monoisotopic (exact) mass is 383 g/mol. The van der Waals surface area contributed by atoms with E-state index in [0.717, 1.165) is 24.2 Å². The van der Waals surface area contributed by atoms with E-state index in [-0.39, 0.29) is 17.9 Å². The van der Waals surface area contributed by atoms with Gasteiger partial charge >= 0.3 is 0 Å². The summed E-state index contributed by atoms with van der Waals surface area (Å²) in [7, 11) is -0.332. The molecule has 0 spiro atoms. The number of carbonyl (C=O) groups excluding carboxylic acids is 1. The standard InChI is InChI=1S/C17H29N5O3S/c1-13-9-14(2)22(18-13)8-7-17(23)21-11-15-5-6-16(21)12-20(10-15)26(24,25)19(3)4/h9,15-16H,5-8,10-12H2,1-4H3/t15-,16+/m0/s1. The Bertz CT molecular complexity index is 773. The Hall–Kier alpha value is -1.45. The van der Waals surface area contributed by atoms with E-state index in [9.17, 15) is 13.2 Å². The molecule has 8 nitrogen and oxygen atoms in total. The van der Waals surface area contributed by atoms with Gasteiger partial charge in [0.2, 0.25) is 5.91 Å². The first-order valence-corrected chi connectivity index (χ1v) is 10.6. The van der Waals surface area contributed by atoms with Crippen molar-refractivity contribution >= 4 is 16.1 Å². The maximum Gasteiger partial charge on any atom is 0.281 e. The molecule has 3 aliphatic rings. The summed E-state index contributed by atoms with van der Waals surface area (Å²) >= 11 is 0. The van der Waals surface area contributed by atoms with Crippen LogP contribution in [0.15, 0.2) is 6.07 Å². The van der Waals surface area contributed by atoms with Crippen LogP contribution in [-0.2, 0) is 21.5 Å². The summed E-state index contributed by atoms with van der Waals surface area (Å²) in [4.78, 5) is 14.7. The zero-order valence-electron chi connectivity index (χ0n) is 16.1. The van der Waals surface area contributed by atoms with Crippen molar-refractivity contribution in [2.75, 3.05) is 33.7 Å². The molecule has 4 heterocycles. The number of piperidine rings is 1. The number of fused-ring (bicyclic) bond motifs is 4. The van der Waals surface area contributed by atoms with Crippen molar-refractivity contribution in [3.05, 3.63) is 17.5 Å². The Kier molecular flexibility index (Phi) is 5.41. The van der Waals surface area contributed by atoms with E-state index in [1.54, 1.807) is 18.4 Å². The van der Waals surface area contributed by atoms with Crippen LogP contribution in [0.25, 0.3) is 0 Å². The number of aromatic nitrogens is 2. The summed E-state index contributed by atoms with van der Waals surface area (Å²) in [5.41, 5.74) is 2.00. The molecule has 0 aliphatic carbocycles. The van der Waals surface area contributed by atoms with Gasteiger partial charge in [0.1, 0.15) is 0 Å². The number of amides is 1. The highest BCUT2D eigenvalue weighted by molar-refractivity contribution is 7.86. The maximum absolute atomic E-state index is 12.8. The van der Waals surface area contributed by atoms with Crippen LogP contribution in [0.2, 0.25) is 0 Å². The van der Waals surface area contributed by atoms with Crippen molar-refractivity contribution < 1.29 is 13.2 Å². The lowest BCUT2D eigenvalue weighted by Gasteiger charge is -2.36. The molecular formula is C17H29N5O3S. The number of rotatable bonds is 5. The fraction of sp³-hybridized carbons (Fsp3) is 0.765. The summed E-state index contributed by atoms with van der Waals surface area (Å²) < 4.78 is 29.7. The van der Waals surface area contributed by atoms with Gasteiger partial charge in [-0.15, -0.1) is 0 Å². The molecule has 146 valence electrons. The van der Waals surface area contributed by atoms with Gasteiger partial charge in [-0.05, 0) is 38.7 Å². The number of nitrogens with zero attached hydrogens (tertiary/aromatic N) is 5. The van der Waals surface area contributed by atoms with Crippen molar-refractivity contribution in [3.63, 3.8) is 0 Å². The summed E-state index contributed by atoms with van der Waals surface area (Å²) in [6.45, 7) is 6.04. The van der Waals surface area contributed by atoms with Crippen LogP contribution in [0.5, 0.6) is 0 Å². The number of carbonyl (C=O) groups is 1. The average molecular weight is 384 g/mol. The molecule has 3 aliphatic heterocycles. The number of hydrogen-bond acceptors (Lipinski definition) is 4. The fourth-order valence-corrected chi connectivity index (χ4v) is 5.23. The highest BCUT2D eigenvalue weighted by Gasteiger charge is 2.41. The van der Waals surface area contributed by atoms with Crippen LogP contribution in [0.1, 0.15) is 30.7 Å². The van der Waals surface area contributed by atoms with Crippen molar-refractivity contribution in [2.24, 2.45) is 5.92 Å². The van der Waals surface area contributed by atoms with E-state index in [4.69, 9.17) is 0 Å². The third kappa shape index (κ3) is 3.79. The topological polar surface area (TPSA) is 78.8 Å². The molecule has 0 N–H and O–H groups in total. The van der Waals surface area contributed by atoms with Gasteiger partial charge in [-0.2, -0.15) is 22.1 Å². The van der Waals surface area contributed by atoms with Crippen molar-refractivity contribution in [2.45, 2.75) is 45.7 Å². The second-order valence-corrected chi connectivity index (χ2v) is 9.79. The van der Waals surface area contributed by atoms with Crippen LogP contribution in [0.3, 0.4) is 0 Å². The van der Waals surface area contributed by atoms with Gasteiger partial charge in [0.25, 0.3) is 10.2 Å². The quantitative estimate of drug-likeness (QED) is 0.747. The number of aryl methyl sites for hydroxylation is 3. The predicted molar refractivity (Wildman–Crippen MR) is 98.7 cm³/mol. The first kappa shape index (κ1) is 19.3. The number of hydrogen-bond donors (Lipinski definition) is 0. The molecule has 3 saturated heterocycles. The lowest BCUT2D eigenvalue weighted by atomic mass is 9.95. The molecule has 0 radical (unpaired) electrons. The predicted octanol–water partition coefficient (Wildman–Crippen LogP) is 0.619. The van der Waals surface area contributed by atoms with Crippen LogP contribution < -0.4 is 0 Å². The van der Waals surface area contributed by atoms with Gasteiger partial charge in [-0.1, -0.05) is 0 Å². The SMILES string of the molecule is Cc1cc(C)n(CCC(=O)N2C[C@H]3CC[C@@H]2CN(S(=O)(=O)N(C)C)C3)n1. The fourth-order valence-electron chi connectivity index (χ4n) is 4.01. The van der Waals surface area contributed by atoms with Crippen LogP contribution in [0, 0.1) is 19.8 Å². The minimum absolute atomic E-state index is 0.0311. The summed E-state index contributed by atoms with van der Waals surface area (Å²) in [6.07, 6.45) is 2.24. The zero-order valence-corrected chi connectivity index (χ0v) is 16.9. The third-order valence-corrected chi connectivity index (χ3v) is 7.30. The highest BCUT2D eigenvalue weighted by Crippen LogP contribution is 2.30. The van der Waals surface area contributed by atoms with Crippen molar-refractivity contribution in [1.29, 1.82) is 0 Å². The van der Waals surface area contributed by atoms with Gasteiger partial charge in [-0.25, -0.2) is 0 Å². The molecule has 1 amide bonds. The Labute approximate surface area is 155 Å². The Balaban J connectivity index is 1.68. The van der Waals surface area contributed by atoms with E-state index in [1.807, 2.05) is 29.5 Å². The largest absolute Gasteiger partial charge is 0.338 e. The van der Waals surface area contributed by atoms with E-state index >= 15 is 0 Å². The highest BCUT2D eigenvalue weighted by atomic mass is 32.2. The molecule has 26 heavy (non-hydrogen) atoms. The normalized spacial score (nSPS) is 24.3. The molecule has 9 heteroatoms. The zero-order chi connectivity index (χ0) is 19.1. The molecular weight excluding hydrogens is 354 g/mol. The molecule has 4 rings (SSSR count). The minimum Gasteiger partial charge on any atom is -0.338 e. The van der Waals surface area contributed by atoms with Crippen molar-refractivity contribution in [1.82, 2.24) is 23.3 Å². The molecule has 0 saturated carbocycles. The first-order chi connectivity index (χ1) is 12.2. The molecule has 1 aromatic heterocycles. The van der Waals surface area contributed by atoms with Gasteiger partial charge < -0.3 is 4.90 Å². The molecule has 2 bridgehead atoms. The molecule has 0 aromatic carbocycles. The van der Waals surface area contributed by atoms with Gasteiger partial charge in [-0.3, -0.25) is 9.48 Å². The molecule has 2 atom stereocenters. The Morgan fingerprint density at radius 2 is 1.96 bits per heavy atom.